The van der Waals surface area contributed by atoms with E-state index < -0.39 is 0 Å². The number of carbonyl (C=O) groups excluding carboxylic acids is 1. The number of benzene rings is 3. The van der Waals surface area contributed by atoms with Crippen molar-refractivity contribution in [3.05, 3.63) is 101 Å². The Morgan fingerprint density at radius 1 is 1.03 bits per heavy atom. The van der Waals surface area contributed by atoms with Gasteiger partial charge in [-0.05, 0) is 47.9 Å². The maximum Gasteiger partial charge on any atom is 0.337 e. The van der Waals surface area contributed by atoms with Crippen LogP contribution in [0.2, 0.25) is 0 Å². The summed E-state index contributed by atoms with van der Waals surface area (Å²) in [6.07, 6.45) is 0.266. The summed E-state index contributed by atoms with van der Waals surface area (Å²) >= 11 is 0. The van der Waals surface area contributed by atoms with Crippen LogP contribution in [0.1, 0.15) is 45.6 Å². The fraction of sp³-hybridized carbons (Fsp3) is 0.296. The molecule has 0 fully saturated rings. The number of rotatable bonds is 9. The molecule has 0 N–H and O–H groups in total. The minimum atomic E-state index is -0.366. The number of hydrogen-bond donors (Lipinski definition) is 0. The third-order valence-electron chi connectivity index (χ3n) is 5.48. The first-order valence-electron chi connectivity index (χ1n) is 11.1. The van der Waals surface area contributed by atoms with Crippen molar-refractivity contribution in [3.63, 3.8) is 0 Å². The molecule has 172 valence electrons. The van der Waals surface area contributed by atoms with Gasteiger partial charge in [-0.2, -0.15) is 4.89 Å². The Morgan fingerprint density at radius 3 is 2.67 bits per heavy atom. The molecule has 33 heavy (non-hydrogen) atoms. The van der Waals surface area contributed by atoms with Crippen LogP contribution in [0.25, 0.3) is 0 Å². The lowest BCUT2D eigenvalue weighted by Crippen LogP contribution is -2.28. The van der Waals surface area contributed by atoms with Crippen molar-refractivity contribution in [2.75, 3.05) is 20.3 Å². The average Bonchev–Trinajstić information content (AvgIpc) is 2.87. The normalized spacial score (nSPS) is 15.9. The lowest BCUT2D eigenvalue weighted by atomic mass is 9.96. The van der Waals surface area contributed by atoms with E-state index >= 15 is 0 Å². The number of hydrogen-bond acceptors (Lipinski definition) is 6. The molecule has 0 amide bonds. The van der Waals surface area contributed by atoms with E-state index in [1.807, 2.05) is 61.5 Å². The molecule has 6 heteroatoms. The Balaban J connectivity index is 1.57. The zero-order valence-corrected chi connectivity index (χ0v) is 18.9. The molecule has 3 aromatic rings. The van der Waals surface area contributed by atoms with Gasteiger partial charge in [0.25, 0.3) is 0 Å². The standard InChI is InChI=1S/C27H28O6/c1-3-30-18-24-16-23-15-21(12-13-25(23)33-32-24)26(20-9-5-4-6-10-20)31-17-19-8-7-11-22(14-19)27(28)29-2/h4-15,24,26H,3,16-18H2,1-2H3. The van der Waals surface area contributed by atoms with E-state index in [0.29, 0.717) is 37.6 Å². The van der Waals surface area contributed by atoms with Crippen LogP contribution in [-0.2, 0) is 32.1 Å². The molecule has 6 nitrogen and oxygen atoms in total. The Bertz CT molecular complexity index is 1070. The molecule has 2 atom stereocenters. The Kier molecular flexibility index (Phi) is 7.73. The first-order chi connectivity index (χ1) is 16.2. The number of fused-ring (bicyclic) bond motifs is 1. The molecule has 1 heterocycles. The molecule has 0 saturated carbocycles. The Labute approximate surface area is 193 Å². The predicted molar refractivity (Wildman–Crippen MR) is 123 cm³/mol. The van der Waals surface area contributed by atoms with Gasteiger partial charge in [-0.15, -0.1) is 0 Å². The van der Waals surface area contributed by atoms with Crippen LogP contribution in [0.5, 0.6) is 5.75 Å². The molecular weight excluding hydrogens is 420 g/mol. The molecule has 0 saturated heterocycles. The number of carbonyl (C=O) groups is 1. The van der Waals surface area contributed by atoms with E-state index in [4.69, 9.17) is 24.0 Å². The smallest absolute Gasteiger partial charge is 0.337 e. The largest absolute Gasteiger partial charge is 0.465 e. The zero-order valence-electron chi connectivity index (χ0n) is 18.9. The lowest BCUT2D eigenvalue weighted by Gasteiger charge is -2.26. The molecule has 0 aromatic heterocycles. The average molecular weight is 449 g/mol. The van der Waals surface area contributed by atoms with Crippen LogP contribution in [0.15, 0.2) is 72.8 Å². The highest BCUT2D eigenvalue weighted by molar-refractivity contribution is 5.89. The van der Waals surface area contributed by atoms with Crippen LogP contribution < -0.4 is 4.89 Å². The second-order valence-electron chi connectivity index (χ2n) is 7.83. The van der Waals surface area contributed by atoms with Gasteiger partial charge in [0, 0.05) is 18.6 Å². The molecule has 0 aliphatic carbocycles. The summed E-state index contributed by atoms with van der Waals surface area (Å²) in [5.41, 5.74) is 4.51. The van der Waals surface area contributed by atoms with E-state index in [2.05, 4.69) is 6.07 Å². The monoisotopic (exact) mass is 448 g/mol. The number of ether oxygens (including phenoxy) is 3. The molecule has 4 rings (SSSR count). The molecule has 0 spiro atoms. The van der Waals surface area contributed by atoms with Crippen molar-refractivity contribution in [1.82, 2.24) is 0 Å². The molecule has 2 unspecified atom stereocenters. The van der Waals surface area contributed by atoms with E-state index in [1.165, 1.54) is 7.11 Å². The third kappa shape index (κ3) is 5.79. The van der Waals surface area contributed by atoms with Gasteiger partial charge in [0.2, 0.25) is 0 Å². The van der Waals surface area contributed by atoms with Crippen molar-refractivity contribution < 1.29 is 28.8 Å². The summed E-state index contributed by atoms with van der Waals surface area (Å²) in [6, 6.07) is 23.4. The molecule has 1 aliphatic heterocycles. The van der Waals surface area contributed by atoms with E-state index in [1.54, 1.807) is 12.1 Å². The summed E-state index contributed by atoms with van der Waals surface area (Å²) in [7, 11) is 1.38. The highest BCUT2D eigenvalue weighted by Crippen LogP contribution is 2.33. The van der Waals surface area contributed by atoms with Crippen molar-refractivity contribution in [2.24, 2.45) is 0 Å². The van der Waals surface area contributed by atoms with E-state index in [-0.39, 0.29) is 18.2 Å². The van der Waals surface area contributed by atoms with Gasteiger partial charge in [0.1, 0.15) is 12.2 Å². The van der Waals surface area contributed by atoms with E-state index in [0.717, 1.165) is 22.3 Å². The van der Waals surface area contributed by atoms with Crippen molar-refractivity contribution >= 4 is 5.97 Å². The molecule has 0 radical (unpaired) electrons. The first kappa shape index (κ1) is 23.0. The molecular formula is C27H28O6. The van der Waals surface area contributed by atoms with Gasteiger partial charge in [-0.3, -0.25) is 0 Å². The van der Waals surface area contributed by atoms with Gasteiger partial charge in [-0.25, -0.2) is 4.79 Å². The molecule has 3 aromatic carbocycles. The highest BCUT2D eigenvalue weighted by Gasteiger charge is 2.24. The van der Waals surface area contributed by atoms with Gasteiger partial charge < -0.3 is 19.1 Å². The fourth-order valence-corrected chi connectivity index (χ4v) is 3.84. The fourth-order valence-electron chi connectivity index (χ4n) is 3.84. The van der Waals surface area contributed by atoms with Gasteiger partial charge >= 0.3 is 5.97 Å². The number of esters is 1. The summed E-state index contributed by atoms with van der Waals surface area (Å²) in [5.74, 6) is 0.346. The van der Waals surface area contributed by atoms with Gasteiger partial charge in [-0.1, -0.05) is 48.5 Å². The predicted octanol–water partition coefficient (Wildman–Crippen LogP) is 5.05. The maximum atomic E-state index is 11.9. The quantitative estimate of drug-likeness (QED) is 0.337. The van der Waals surface area contributed by atoms with Gasteiger partial charge in [0.15, 0.2) is 5.75 Å². The third-order valence-corrected chi connectivity index (χ3v) is 5.48. The maximum absolute atomic E-state index is 11.9. The lowest BCUT2D eigenvalue weighted by molar-refractivity contribution is -0.264. The summed E-state index contributed by atoms with van der Waals surface area (Å²) in [4.78, 5) is 22.8. The summed E-state index contributed by atoms with van der Waals surface area (Å²) in [5, 5.41) is 0. The van der Waals surface area contributed by atoms with Crippen LogP contribution in [0.4, 0.5) is 0 Å². The highest BCUT2D eigenvalue weighted by atomic mass is 17.2. The van der Waals surface area contributed by atoms with E-state index in [9.17, 15) is 4.79 Å². The van der Waals surface area contributed by atoms with Crippen molar-refractivity contribution in [1.29, 1.82) is 0 Å². The SMILES string of the molecule is CCOCC1Cc2cc(C(OCc3cccc(C(=O)OC)c3)c3ccccc3)ccc2OO1. The Hall–Kier alpha value is -3.19. The van der Waals surface area contributed by atoms with Crippen LogP contribution in [0.3, 0.4) is 0 Å². The van der Waals surface area contributed by atoms with Crippen LogP contribution >= 0.6 is 0 Å². The van der Waals surface area contributed by atoms with Gasteiger partial charge in [0.05, 0.1) is 25.9 Å². The number of methoxy groups -OCH3 is 1. The molecule has 0 bridgehead atoms. The summed E-state index contributed by atoms with van der Waals surface area (Å²) in [6.45, 7) is 3.41. The second kappa shape index (κ2) is 11.1. The zero-order chi connectivity index (χ0) is 23.0. The Morgan fingerprint density at radius 2 is 1.88 bits per heavy atom. The molecule has 1 aliphatic rings. The topological polar surface area (TPSA) is 63.2 Å². The first-order valence-corrected chi connectivity index (χ1v) is 11.1. The van der Waals surface area contributed by atoms with Crippen molar-refractivity contribution in [3.8, 4) is 5.75 Å². The minimum Gasteiger partial charge on any atom is -0.465 e. The summed E-state index contributed by atoms with van der Waals surface area (Å²) < 4.78 is 16.7. The van der Waals surface area contributed by atoms with Crippen molar-refractivity contribution in [2.45, 2.75) is 32.2 Å². The second-order valence-corrected chi connectivity index (χ2v) is 7.83. The van der Waals surface area contributed by atoms with Crippen LogP contribution in [0, 0.1) is 0 Å². The minimum absolute atomic E-state index is 0.148. The van der Waals surface area contributed by atoms with Crippen LogP contribution in [-0.4, -0.2) is 32.4 Å².